The van der Waals surface area contributed by atoms with E-state index in [4.69, 9.17) is 9.47 Å². The minimum atomic E-state index is -0.842. The van der Waals surface area contributed by atoms with Crippen LogP contribution in [0.5, 0.6) is 0 Å². The molecule has 0 unspecified atom stereocenters. The maximum absolute atomic E-state index is 13.8. The molecule has 0 radical (unpaired) electrons. The van der Waals surface area contributed by atoms with Gasteiger partial charge in [0.2, 0.25) is 0 Å². The summed E-state index contributed by atoms with van der Waals surface area (Å²) in [5.74, 6) is 5.02. The molecule has 4 heteroatoms. The topological polar surface area (TPSA) is 18.5 Å². The molecule has 0 aliphatic carbocycles. The fraction of sp³-hybridized carbons (Fsp3) is 0.286. The highest BCUT2D eigenvalue weighted by Gasteiger charge is 2.21. The summed E-state index contributed by atoms with van der Waals surface area (Å²) in [5, 5.41) is 0.892. The number of ether oxygens (including phenoxy) is 2. The third-order valence-electron chi connectivity index (χ3n) is 5.70. The lowest BCUT2D eigenvalue weighted by Gasteiger charge is -2.29. The molecule has 0 saturated carbocycles. The summed E-state index contributed by atoms with van der Waals surface area (Å²) in [5.41, 5.74) is 2.86. The summed E-state index contributed by atoms with van der Waals surface area (Å²) in [7, 11) is 0. The molecule has 0 N–H and O–H groups in total. The molecule has 0 spiro atoms. The van der Waals surface area contributed by atoms with Crippen LogP contribution in [0, 0.1) is 29.4 Å². The maximum atomic E-state index is 13.8. The predicted molar refractivity (Wildman–Crippen MR) is 123 cm³/mol. The molecule has 1 saturated heterocycles. The zero-order valence-electron chi connectivity index (χ0n) is 18.0. The normalized spacial score (nSPS) is 18.2. The van der Waals surface area contributed by atoms with Gasteiger partial charge >= 0.3 is 0 Å². The van der Waals surface area contributed by atoms with Crippen molar-refractivity contribution < 1.29 is 18.3 Å². The lowest BCUT2D eigenvalue weighted by Crippen LogP contribution is -2.32. The van der Waals surface area contributed by atoms with Crippen molar-refractivity contribution in [3.05, 3.63) is 95.6 Å². The molecule has 1 fully saturated rings. The van der Waals surface area contributed by atoms with Crippen LogP contribution in [0.1, 0.15) is 36.0 Å². The molecule has 3 aromatic carbocycles. The van der Waals surface area contributed by atoms with E-state index >= 15 is 0 Å². The first-order valence-corrected chi connectivity index (χ1v) is 10.9. The Bertz CT molecular complexity index is 1130. The molecule has 0 amide bonds. The molecule has 32 heavy (non-hydrogen) atoms. The predicted octanol–water partition coefficient (Wildman–Crippen LogP) is 6.41. The summed E-state index contributed by atoms with van der Waals surface area (Å²) >= 11 is 0. The second-order valence-electron chi connectivity index (χ2n) is 8.11. The van der Waals surface area contributed by atoms with E-state index in [2.05, 4.69) is 30.6 Å². The molecule has 3 aromatic rings. The van der Waals surface area contributed by atoms with Gasteiger partial charge in [-0.15, -0.1) is 6.58 Å². The van der Waals surface area contributed by atoms with Gasteiger partial charge in [-0.05, 0) is 60.5 Å². The van der Waals surface area contributed by atoms with Crippen molar-refractivity contribution in [3.8, 4) is 11.8 Å². The van der Waals surface area contributed by atoms with E-state index in [1.807, 2.05) is 18.2 Å². The smallest absolute Gasteiger partial charge is 0.166 e. The largest absolute Gasteiger partial charge is 0.352 e. The van der Waals surface area contributed by atoms with Crippen LogP contribution < -0.4 is 0 Å². The standard InChI is InChI=1S/C28H26F2O2/c1-2-3-4-23-18-31-27(32-19-23)16-12-21-7-5-20(6-8-21)9-10-22-11-14-25-24(17-22)13-15-26(29)28(25)30/h2,5-8,11,13-15,17,23,27H,1,3-4,12,16,18-19H2. The van der Waals surface area contributed by atoms with Crippen LogP contribution in [-0.2, 0) is 15.9 Å². The van der Waals surface area contributed by atoms with Crippen LogP contribution in [0.2, 0.25) is 0 Å². The maximum Gasteiger partial charge on any atom is 0.166 e. The van der Waals surface area contributed by atoms with Gasteiger partial charge in [0, 0.05) is 28.9 Å². The molecule has 1 aliphatic rings. The molecule has 1 aliphatic heterocycles. The average Bonchev–Trinajstić information content (AvgIpc) is 2.84. The zero-order valence-corrected chi connectivity index (χ0v) is 18.0. The van der Waals surface area contributed by atoms with Crippen molar-refractivity contribution in [3.63, 3.8) is 0 Å². The van der Waals surface area contributed by atoms with Gasteiger partial charge in [-0.3, -0.25) is 0 Å². The van der Waals surface area contributed by atoms with Gasteiger partial charge in [0.05, 0.1) is 13.2 Å². The van der Waals surface area contributed by atoms with Gasteiger partial charge in [0.15, 0.2) is 17.9 Å². The van der Waals surface area contributed by atoms with E-state index in [1.54, 1.807) is 24.3 Å². The quantitative estimate of drug-likeness (QED) is 0.331. The fourth-order valence-electron chi connectivity index (χ4n) is 3.80. The summed E-state index contributed by atoms with van der Waals surface area (Å²) in [6.45, 7) is 5.27. The first-order chi connectivity index (χ1) is 15.6. The van der Waals surface area contributed by atoms with Crippen LogP contribution in [-0.4, -0.2) is 19.5 Å². The second kappa shape index (κ2) is 10.5. The van der Waals surface area contributed by atoms with Crippen LogP contribution in [0.25, 0.3) is 10.8 Å². The molecule has 0 aromatic heterocycles. The first kappa shape index (κ1) is 22.2. The number of rotatable bonds is 6. The Hall–Kier alpha value is -3.00. The first-order valence-electron chi connectivity index (χ1n) is 10.9. The fourth-order valence-corrected chi connectivity index (χ4v) is 3.80. The van der Waals surface area contributed by atoms with Crippen LogP contribution in [0.3, 0.4) is 0 Å². The van der Waals surface area contributed by atoms with Crippen molar-refractivity contribution in [1.29, 1.82) is 0 Å². The van der Waals surface area contributed by atoms with Crippen molar-refractivity contribution in [2.45, 2.75) is 32.0 Å². The van der Waals surface area contributed by atoms with E-state index in [0.29, 0.717) is 11.3 Å². The minimum Gasteiger partial charge on any atom is -0.352 e. The summed E-state index contributed by atoms with van der Waals surface area (Å²) < 4.78 is 38.9. The molecule has 2 nitrogen and oxygen atoms in total. The molecule has 1 heterocycles. The Morgan fingerprint density at radius 2 is 1.62 bits per heavy atom. The highest BCUT2D eigenvalue weighted by atomic mass is 19.2. The SMILES string of the molecule is C=CCCC1COC(CCc2ccc(C#Cc3ccc4c(F)c(F)ccc4c3)cc2)OC1. The molecule has 164 valence electrons. The van der Waals surface area contributed by atoms with Gasteiger partial charge in [-0.25, -0.2) is 8.78 Å². The Morgan fingerprint density at radius 1 is 0.906 bits per heavy atom. The molecular formula is C28H26F2O2. The van der Waals surface area contributed by atoms with Crippen molar-refractivity contribution in [1.82, 2.24) is 0 Å². The zero-order chi connectivity index (χ0) is 22.3. The van der Waals surface area contributed by atoms with Gasteiger partial charge in [-0.2, -0.15) is 0 Å². The van der Waals surface area contributed by atoms with E-state index in [1.165, 1.54) is 5.56 Å². The number of hydrogen-bond acceptors (Lipinski definition) is 2. The Labute approximate surface area is 187 Å². The molecule has 0 atom stereocenters. The number of halogens is 2. The van der Waals surface area contributed by atoms with Gasteiger partial charge in [-0.1, -0.05) is 42.2 Å². The number of fused-ring (bicyclic) bond motifs is 1. The van der Waals surface area contributed by atoms with Gasteiger partial charge in [0.25, 0.3) is 0 Å². The van der Waals surface area contributed by atoms with Crippen molar-refractivity contribution in [2.75, 3.05) is 13.2 Å². The van der Waals surface area contributed by atoms with E-state index in [-0.39, 0.29) is 11.7 Å². The van der Waals surface area contributed by atoms with E-state index in [9.17, 15) is 8.78 Å². The van der Waals surface area contributed by atoms with Crippen molar-refractivity contribution in [2.24, 2.45) is 5.92 Å². The Morgan fingerprint density at radius 3 is 2.38 bits per heavy atom. The molecule has 0 bridgehead atoms. The summed E-state index contributed by atoms with van der Waals surface area (Å²) in [4.78, 5) is 0. The second-order valence-corrected chi connectivity index (χ2v) is 8.11. The minimum absolute atomic E-state index is 0.138. The highest BCUT2D eigenvalue weighted by molar-refractivity contribution is 5.84. The van der Waals surface area contributed by atoms with E-state index in [0.717, 1.165) is 56.1 Å². The van der Waals surface area contributed by atoms with E-state index < -0.39 is 11.6 Å². The highest BCUT2D eigenvalue weighted by Crippen LogP contribution is 2.22. The third-order valence-corrected chi connectivity index (χ3v) is 5.70. The van der Waals surface area contributed by atoms with Gasteiger partial charge < -0.3 is 9.47 Å². The van der Waals surface area contributed by atoms with Crippen LogP contribution in [0.15, 0.2) is 67.3 Å². The number of hydrogen-bond donors (Lipinski definition) is 0. The Balaban J connectivity index is 1.31. The monoisotopic (exact) mass is 432 g/mol. The average molecular weight is 433 g/mol. The van der Waals surface area contributed by atoms with Crippen LogP contribution in [0.4, 0.5) is 8.78 Å². The third kappa shape index (κ3) is 5.62. The van der Waals surface area contributed by atoms with Crippen molar-refractivity contribution >= 4 is 10.8 Å². The van der Waals surface area contributed by atoms with Gasteiger partial charge in [0.1, 0.15) is 0 Å². The summed E-state index contributed by atoms with van der Waals surface area (Å²) in [6.07, 6.45) is 5.56. The Kier molecular flexibility index (Phi) is 7.32. The molecule has 4 rings (SSSR count). The molecular weight excluding hydrogens is 406 g/mol. The lowest BCUT2D eigenvalue weighted by molar-refractivity contribution is -0.203. The number of benzene rings is 3. The lowest BCUT2D eigenvalue weighted by atomic mass is 10.0. The number of aryl methyl sites for hydroxylation is 1. The van der Waals surface area contributed by atoms with Crippen LogP contribution >= 0.6 is 0 Å². The summed E-state index contributed by atoms with van der Waals surface area (Å²) in [6, 6.07) is 15.9. The number of allylic oxidation sites excluding steroid dienone is 1.